The second-order valence-electron chi connectivity index (χ2n) is 19.0. The van der Waals surface area contributed by atoms with Crippen molar-refractivity contribution in [1.82, 2.24) is 19.6 Å². The number of β-amino-alcohol motifs (C(OH)–C–C–N with tert-alkyl or cyclic N) is 2. The summed E-state index contributed by atoms with van der Waals surface area (Å²) in [5, 5.41) is 22.3. The van der Waals surface area contributed by atoms with Crippen molar-refractivity contribution in [2.24, 2.45) is 0 Å². The molecule has 2 saturated heterocycles. The van der Waals surface area contributed by atoms with E-state index >= 15 is 0 Å². The van der Waals surface area contributed by atoms with Crippen molar-refractivity contribution in [3.63, 3.8) is 0 Å². The van der Waals surface area contributed by atoms with Gasteiger partial charge in [-0.3, -0.25) is 19.4 Å². The summed E-state index contributed by atoms with van der Waals surface area (Å²) in [5.41, 5.74) is -1.27. The van der Waals surface area contributed by atoms with Crippen molar-refractivity contribution in [3.8, 4) is 11.5 Å². The molecule has 2 aliphatic rings. The summed E-state index contributed by atoms with van der Waals surface area (Å²) >= 11 is 0. The van der Waals surface area contributed by atoms with Crippen LogP contribution in [0.15, 0.2) is 60.7 Å². The first-order valence-electron chi connectivity index (χ1n) is 21.0. The van der Waals surface area contributed by atoms with Gasteiger partial charge in [-0.15, -0.1) is 0 Å². The Hall–Kier alpha value is -3.18. The molecule has 0 bridgehead atoms. The van der Waals surface area contributed by atoms with Crippen molar-refractivity contribution in [1.29, 1.82) is 0 Å². The Morgan fingerprint density at radius 3 is 1.43 bits per heavy atom. The molecule has 2 amide bonds. The molecule has 314 valence electrons. The molecule has 10 nitrogen and oxygen atoms in total. The van der Waals surface area contributed by atoms with Crippen LogP contribution in [0.2, 0.25) is 0 Å². The minimum absolute atomic E-state index is 0.0264. The lowest BCUT2D eigenvalue weighted by Crippen LogP contribution is -2.68. The molecule has 0 saturated carbocycles. The van der Waals surface area contributed by atoms with Gasteiger partial charge in [0.25, 0.3) is 0 Å². The van der Waals surface area contributed by atoms with Gasteiger partial charge in [0.1, 0.15) is 36.9 Å². The Bertz CT molecular complexity index is 1500. The average Bonchev–Trinajstić information content (AvgIpc) is 3.10. The highest BCUT2D eigenvalue weighted by atomic mass is 16.5. The van der Waals surface area contributed by atoms with E-state index in [0.717, 1.165) is 56.4 Å². The van der Waals surface area contributed by atoms with E-state index < -0.39 is 12.2 Å². The molecule has 56 heavy (non-hydrogen) atoms. The molecule has 3 atom stereocenters. The number of amides is 2. The van der Waals surface area contributed by atoms with Crippen LogP contribution in [0.1, 0.15) is 121 Å². The fraction of sp³-hybridized carbons (Fsp3) is 0.696. The van der Waals surface area contributed by atoms with Gasteiger partial charge >= 0.3 is 0 Å². The fourth-order valence-corrected chi connectivity index (χ4v) is 10.2. The quantitative estimate of drug-likeness (QED) is 0.164. The zero-order chi connectivity index (χ0) is 41.5. The van der Waals surface area contributed by atoms with Crippen LogP contribution < -0.4 is 9.47 Å². The summed E-state index contributed by atoms with van der Waals surface area (Å²) in [4.78, 5) is 36.6. The number of hydrogen-bond acceptors (Lipinski definition) is 8. The van der Waals surface area contributed by atoms with Crippen molar-refractivity contribution >= 4 is 11.8 Å². The molecule has 3 unspecified atom stereocenters. The number of piperidine rings is 2. The Kier molecular flexibility index (Phi) is 15.5. The summed E-state index contributed by atoms with van der Waals surface area (Å²) in [5.74, 6) is 1.54. The smallest absolute Gasteiger partial charge is 0.220 e. The van der Waals surface area contributed by atoms with Gasteiger partial charge in [0, 0.05) is 73.8 Å². The number of para-hydroxylation sites is 2. The van der Waals surface area contributed by atoms with Crippen LogP contribution >= 0.6 is 0 Å². The lowest BCUT2D eigenvalue weighted by molar-refractivity contribution is -0.149. The van der Waals surface area contributed by atoms with Gasteiger partial charge in [0.2, 0.25) is 11.8 Å². The van der Waals surface area contributed by atoms with Crippen LogP contribution in [0.25, 0.3) is 0 Å². The minimum Gasteiger partial charge on any atom is -0.491 e. The molecule has 2 aromatic carbocycles. The maximum Gasteiger partial charge on any atom is 0.220 e. The van der Waals surface area contributed by atoms with E-state index in [1.165, 1.54) is 0 Å². The SMILES string of the molecule is CCCCC(CN(C(C)=O)C1CC(C)(C)N(CC(O)COc2ccccc2)C(C)(C)C1)N(C(C)=O)C1CC(C)(C)N(CC(O)COc2ccccc2)C(C)(C)C1. The third-order valence-electron chi connectivity index (χ3n) is 12.3. The third kappa shape index (κ3) is 11.9. The fourth-order valence-electron chi connectivity index (χ4n) is 10.2. The van der Waals surface area contributed by atoms with E-state index in [1.54, 1.807) is 13.8 Å². The van der Waals surface area contributed by atoms with Gasteiger partial charge in [-0.05, 0) is 112 Å². The van der Waals surface area contributed by atoms with Crippen LogP contribution in [0.5, 0.6) is 11.5 Å². The summed E-state index contributed by atoms with van der Waals surface area (Å²) in [6.45, 7) is 25.0. The molecular weight excluding hydrogens is 705 g/mol. The van der Waals surface area contributed by atoms with Crippen LogP contribution in [0, 0.1) is 0 Å². The molecule has 0 radical (unpaired) electrons. The van der Waals surface area contributed by atoms with Gasteiger partial charge in [0.15, 0.2) is 0 Å². The molecule has 0 aliphatic carbocycles. The molecule has 2 heterocycles. The number of aliphatic hydroxyl groups is 2. The van der Waals surface area contributed by atoms with Gasteiger partial charge in [-0.1, -0.05) is 56.2 Å². The van der Waals surface area contributed by atoms with E-state index in [9.17, 15) is 19.8 Å². The summed E-state index contributed by atoms with van der Waals surface area (Å²) in [6, 6.07) is 19.0. The number of carbonyl (C=O) groups excluding carboxylic acids is 2. The van der Waals surface area contributed by atoms with E-state index in [4.69, 9.17) is 9.47 Å². The molecule has 0 spiro atoms. The van der Waals surface area contributed by atoms with Gasteiger partial charge in [-0.2, -0.15) is 0 Å². The first-order valence-corrected chi connectivity index (χ1v) is 21.0. The molecule has 2 aliphatic heterocycles. The Labute approximate surface area is 338 Å². The second kappa shape index (κ2) is 19.0. The summed E-state index contributed by atoms with van der Waals surface area (Å²) in [6.07, 6.45) is 4.40. The summed E-state index contributed by atoms with van der Waals surface area (Å²) in [7, 11) is 0. The second-order valence-corrected chi connectivity index (χ2v) is 19.0. The molecule has 2 N–H and O–H groups in total. The maximum atomic E-state index is 13.9. The minimum atomic E-state index is -0.679. The highest BCUT2D eigenvalue weighted by molar-refractivity contribution is 5.75. The molecule has 2 fully saturated rings. The van der Waals surface area contributed by atoms with E-state index in [0.29, 0.717) is 19.6 Å². The predicted molar refractivity (Wildman–Crippen MR) is 225 cm³/mol. The zero-order valence-corrected chi connectivity index (χ0v) is 36.5. The van der Waals surface area contributed by atoms with Crippen LogP contribution in [0.3, 0.4) is 0 Å². The molecule has 10 heteroatoms. The maximum absolute atomic E-state index is 13.9. The number of carbonyl (C=O) groups is 2. The number of hydrogen-bond donors (Lipinski definition) is 2. The van der Waals surface area contributed by atoms with Gasteiger partial charge in [-0.25, -0.2) is 0 Å². The summed E-state index contributed by atoms with van der Waals surface area (Å²) < 4.78 is 11.8. The normalized spacial score (nSPS) is 21.4. The van der Waals surface area contributed by atoms with Crippen LogP contribution in [0.4, 0.5) is 0 Å². The zero-order valence-electron chi connectivity index (χ0n) is 36.5. The number of benzene rings is 2. The first-order chi connectivity index (χ1) is 26.2. The number of likely N-dealkylation sites (tertiary alicyclic amines) is 2. The predicted octanol–water partition coefficient (Wildman–Crippen LogP) is 7.17. The molecule has 4 rings (SSSR count). The monoisotopic (exact) mass is 779 g/mol. The van der Waals surface area contributed by atoms with Crippen molar-refractivity contribution < 1.29 is 29.3 Å². The van der Waals surface area contributed by atoms with Crippen LogP contribution in [-0.4, -0.2) is 127 Å². The van der Waals surface area contributed by atoms with Crippen LogP contribution in [-0.2, 0) is 9.59 Å². The number of ether oxygens (including phenoxy) is 2. The van der Waals surface area contributed by atoms with E-state index in [2.05, 4.69) is 81.9 Å². The third-order valence-corrected chi connectivity index (χ3v) is 12.3. The molecule has 0 aromatic heterocycles. The number of aliphatic hydroxyl groups excluding tert-OH is 2. The van der Waals surface area contributed by atoms with Gasteiger partial charge < -0.3 is 29.5 Å². The lowest BCUT2D eigenvalue weighted by Gasteiger charge is -2.59. The Balaban J connectivity index is 1.51. The number of unbranched alkanes of at least 4 members (excludes halogenated alkanes) is 1. The highest BCUT2D eigenvalue weighted by Crippen LogP contribution is 2.43. The van der Waals surface area contributed by atoms with Crippen molar-refractivity contribution in [2.45, 2.75) is 174 Å². The molecular formula is C46H74N4O6. The first kappa shape index (κ1) is 45.5. The Morgan fingerprint density at radius 1 is 0.679 bits per heavy atom. The average molecular weight is 779 g/mol. The standard InChI is InChI=1S/C46H74N4O6/c1-12-13-20-36(50(35(3)52)38-27-45(8,9)49(46(10,11)28-38)31-40(54)33-56-42-23-18-15-19-24-42)29-47(34(2)51)37-25-43(4,5)48(44(6,7)26-37)30-39(53)32-55-41-21-16-14-17-22-41/h14-19,21-24,36-40,53-54H,12-13,20,25-33H2,1-11H3. The molecule has 2 aromatic rings. The lowest BCUT2D eigenvalue weighted by atomic mass is 9.75. The number of nitrogens with zero attached hydrogens (tertiary/aromatic N) is 4. The van der Waals surface area contributed by atoms with Crippen molar-refractivity contribution in [2.75, 3.05) is 32.8 Å². The van der Waals surface area contributed by atoms with E-state index in [-0.39, 0.29) is 65.3 Å². The topological polar surface area (TPSA) is 106 Å². The van der Waals surface area contributed by atoms with Crippen molar-refractivity contribution in [3.05, 3.63) is 60.7 Å². The van der Waals surface area contributed by atoms with E-state index in [1.807, 2.05) is 60.7 Å². The highest BCUT2D eigenvalue weighted by Gasteiger charge is 2.51. The Morgan fingerprint density at radius 2 is 1.07 bits per heavy atom. The largest absolute Gasteiger partial charge is 0.491 e. The van der Waals surface area contributed by atoms with Gasteiger partial charge in [0.05, 0.1) is 0 Å². The number of rotatable bonds is 18.